The predicted octanol–water partition coefficient (Wildman–Crippen LogP) is 2.53. The number of aromatic carboxylic acids is 1. The molecule has 22 heavy (non-hydrogen) atoms. The van der Waals surface area contributed by atoms with Gasteiger partial charge in [0.05, 0.1) is 6.54 Å². The van der Waals surface area contributed by atoms with Crippen molar-refractivity contribution < 1.29 is 14.7 Å². The lowest BCUT2D eigenvalue weighted by molar-refractivity contribution is -0.138. The molecule has 5 nitrogen and oxygen atoms in total. The van der Waals surface area contributed by atoms with E-state index in [1.54, 1.807) is 0 Å². The molecule has 0 radical (unpaired) electrons. The smallest absolute Gasteiger partial charge is 0.355 e. The monoisotopic (exact) mass is 320 g/mol. The quantitative estimate of drug-likeness (QED) is 0.893. The highest BCUT2D eigenvalue weighted by molar-refractivity contribution is 7.09. The van der Waals surface area contributed by atoms with Crippen molar-refractivity contribution in [2.24, 2.45) is 29.6 Å². The second-order valence-corrected chi connectivity index (χ2v) is 8.05. The summed E-state index contributed by atoms with van der Waals surface area (Å²) in [6.07, 6.45) is 6.30. The molecule has 4 bridgehead atoms. The molecule has 4 fully saturated rings. The average molecular weight is 320 g/mol. The van der Waals surface area contributed by atoms with Crippen LogP contribution in [0.2, 0.25) is 0 Å². The molecule has 0 saturated heterocycles. The minimum absolute atomic E-state index is 0.0591. The molecule has 4 aliphatic carbocycles. The van der Waals surface area contributed by atoms with Crippen molar-refractivity contribution in [2.45, 2.75) is 38.6 Å². The summed E-state index contributed by atoms with van der Waals surface area (Å²) in [5, 5.41) is 14.1. The number of carbonyl (C=O) groups is 2. The second-order valence-electron chi connectivity index (χ2n) is 7.11. The molecule has 0 spiro atoms. The van der Waals surface area contributed by atoms with E-state index in [1.165, 1.54) is 48.8 Å². The van der Waals surface area contributed by atoms with Gasteiger partial charge < -0.3 is 10.4 Å². The molecule has 1 aromatic rings. The van der Waals surface area contributed by atoms with Crippen LogP contribution in [0.4, 0.5) is 0 Å². The Bertz CT molecular complexity index is 584. The lowest BCUT2D eigenvalue weighted by Crippen LogP contribution is -2.50. The summed E-state index contributed by atoms with van der Waals surface area (Å²) >= 11 is 1.29. The highest BCUT2D eigenvalue weighted by Gasteiger charge is 2.50. The van der Waals surface area contributed by atoms with Gasteiger partial charge in [-0.2, -0.15) is 0 Å². The molecule has 0 atom stereocenters. The van der Waals surface area contributed by atoms with Gasteiger partial charge >= 0.3 is 5.97 Å². The third-order valence-corrected chi connectivity index (χ3v) is 6.56. The van der Waals surface area contributed by atoms with Gasteiger partial charge in [0.2, 0.25) is 5.91 Å². The fourth-order valence-electron chi connectivity index (χ4n) is 5.12. The van der Waals surface area contributed by atoms with Crippen LogP contribution in [0, 0.1) is 29.6 Å². The fraction of sp³-hybridized carbons (Fsp3) is 0.688. The molecule has 1 heterocycles. The summed E-state index contributed by atoms with van der Waals surface area (Å²) in [7, 11) is 0. The Hall–Kier alpha value is -1.43. The Morgan fingerprint density at radius 2 is 1.82 bits per heavy atom. The van der Waals surface area contributed by atoms with Crippen LogP contribution in [0.25, 0.3) is 0 Å². The highest BCUT2D eigenvalue weighted by Crippen LogP contribution is 2.56. The summed E-state index contributed by atoms with van der Waals surface area (Å²) in [6.45, 7) is 0.347. The number of amides is 1. The molecule has 4 saturated carbocycles. The van der Waals surface area contributed by atoms with Crippen molar-refractivity contribution in [1.82, 2.24) is 10.3 Å². The lowest BCUT2D eigenvalue weighted by Gasteiger charge is -2.53. The summed E-state index contributed by atoms with van der Waals surface area (Å²) < 4.78 is 0. The van der Waals surface area contributed by atoms with Gasteiger partial charge in [0.15, 0.2) is 5.69 Å². The van der Waals surface area contributed by atoms with E-state index in [9.17, 15) is 9.59 Å². The molecular formula is C16H20N2O3S. The molecule has 0 unspecified atom stereocenters. The normalized spacial score (nSPS) is 35.5. The zero-order valence-corrected chi connectivity index (χ0v) is 13.1. The number of rotatable bonds is 4. The van der Waals surface area contributed by atoms with Crippen molar-refractivity contribution >= 4 is 23.2 Å². The Balaban J connectivity index is 1.39. The first kappa shape index (κ1) is 14.2. The molecule has 118 valence electrons. The van der Waals surface area contributed by atoms with Crippen molar-refractivity contribution in [3.8, 4) is 0 Å². The van der Waals surface area contributed by atoms with Crippen LogP contribution >= 0.6 is 11.3 Å². The summed E-state index contributed by atoms with van der Waals surface area (Å²) in [4.78, 5) is 27.4. The van der Waals surface area contributed by atoms with Crippen molar-refractivity contribution in [3.05, 3.63) is 16.1 Å². The van der Waals surface area contributed by atoms with Crippen molar-refractivity contribution in [2.75, 3.05) is 0 Å². The SMILES string of the molecule is O=C(O)c1csc(CNC(=O)C2C3CC4CC(C3)CC2C4)n1. The van der Waals surface area contributed by atoms with E-state index in [4.69, 9.17) is 5.11 Å². The third kappa shape index (κ3) is 2.43. The topological polar surface area (TPSA) is 79.3 Å². The van der Waals surface area contributed by atoms with Crippen LogP contribution < -0.4 is 5.32 Å². The van der Waals surface area contributed by atoms with Crippen molar-refractivity contribution in [1.29, 1.82) is 0 Å². The van der Waals surface area contributed by atoms with Crippen LogP contribution in [0.5, 0.6) is 0 Å². The van der Waals surface area contributed by atoms with Crippen LogP contribution in [0.3, 0.4) is 0 Å². The van der Waals surface area contributed by atoms with Gasteiger partial charge in [-0.3, -0.25) is 4.79 Å². The van der Waals surface area contributed by atoms with E-state index in [2.05, 4.69) is 10.3 Å². The average Bonchev–Trinajstić information content (AvgIpc) is 2.93. The maximum Gasteiger partial charge on any atom is 0.355 e. The maximum absolute atomic E-state index is 12.6. The molecule has 5 rings (SSSR count). The summed E-state index contributed by atoms with van der Waals surface area (Å²) in [5.74, 6) is 2.18. The van der Waals surface area contributed by atoms with Crippen LogP contribution in [-0.2, 0) is 11.3 Å². The molecule has 1 amide bonds. The first-order chi connectivity index (χ1) is 10.6. The number of hydrogen-bond acceptors (Lipinski definition) is 4. The van der Waals surface area contributed by atoms with E-state index in [1.807, 2.05) is 0 Å². The minimum Gasteiger partial charge on any atom is -0.476 e. The summed E-state index contributed by atoms with van der Waals surface area (Å²) in [6, 6.07) is 0. The first-order valence-electron chi connectivity index (χ1n) is 8.05. The van der Waals surface area contributed by atoms with Crippen LogP contribution in [0.1, 0.15) is 47.6 Å². The molecule has 0 aliphatic heterocycles. The minimum atomic E-state index is -1.02. The van der Waals surface area contributed by atoms with Gasteiger partial charge in [-0.1, -0.05) is 0 Å². The number of carbonyl (C=O) groups excluding carboxylic acids is 1. The number of thiazole rings is 1. The van der Waals surface area contributed by atoms with E-state index in [0.29, 0.717) is 23.4 Å². The second kappa shape index (κ2) is 5.33. The number of nitrogens with one attached hydrogen (secondary N) is 1. The predicted molar refractivity (Wildman–Crippen MR) is 81.5 cm³/mol. The molecule has 2 N–H and O–H groups in total. The number of carboxylic acid groups (broad SMARTS) is 1. The van der Waals surface area contributed by atoms with Crippen LogP contribution in [0.15, 0.2) is 5.38 Å². The summed E-state index contributed by atoms with van der Waals surface area (Å²) in [5.41, 5.74) is 0.0591. The number of nitrogens with zero attached hydrogens (tertiary/aromatic N) is 1. The Morgan fingerprint density at radius 3 is 2.36 bits per heavy atom. The fourth-order valence-corrected chi connectivity index (χ4v) is 5.83. The molecular weight excluding hydrogens is 300 g/mol. The molecule has 0 aromatic carbocycles. The number of carboxylic acids is 1. The third-order valence-electron chi connectivity index (χ3n) is 5.71. The first-order valence-corrected chi connectivity index (χ1v) is 8.93. The van der Waals surface area contributed by atoms with E-state index in [0.717, 1.165) is 11.8 Å². The van der Waals surface area contributed by atoms with E-state index >= 15 is 0 Å². The Morgan fingerprint density at radius 1 is 1.18 bits per heavy atom. The van der Waals surface area contributed by atoms with Gasteiger partial charge in [0.25, 0.3) is 0 Å². The Labute approximate surface area is 133 Å². The van der Waals surface area contributed by atoms with Gasteiger partial charge in [-0.25, -0.2) is 9.78 Å². The largest absolute Gasteiger partial charge is 0.476 e. The zero-order valence-electron chi connectivity index (χ0n) is 12.3. The number of hydrogen-bond donors (Lipinski definition) is 2. The highest BCUT2D eigenvalue weighted by atomic mass is 32.1. The molecule has 1 aromatic heterocycles. The van der Waals surface area contributed by atoms with Gasteiger partial charge in [-0.15, -0.1) is 11.3 Å². The van der Waals surface area contributed by atoms with Gasteiger partial charge in [0.1, 0.15) is 5.01 Å². The Kier molecular flexibility index (Phi) is 3.44. The van der Waals surface area contributed by atoms with E-state index < -0.39 is 5.97 Å². The van der Waals surface area contributed by atoms with Gasteiger partial charge in [0, 0.05) is 11.3 Å². The van der Waals surface area contributed by atoms with Crippen LogP contribution in [-0.4, -0.2) is 22.0 Å². The molecule has 4 aliphatic rings. The molecule has 6 heteroatoms. The van der Waals surface area contributed by atoms with Gasteiger partial charge in [-0.05, 0) is 55.8 Å². The standard InChI is InChI=1S/C16H20N2O3S/c19-15(17-6-13-18-12(7-22-13)16(20)21)14-10-2-8-1-9(4-10)5-11(14)3-8/h7-11,14H,1-6H2,(H,17,19)(H,20,21). The van der Waals surface area contributed by atoms with E-state index in [-0.39, 0.29) is 17.5 Å². The lowest BCUT2D eigenvalue weighted by atomic mass is 9.51. The maximum atomic E-state index is 12.6. The zero-order chi connectivity index (χ0) is 15.3. The number of aromatic nitrogens is 1. The van der Waals surface area contributed by atoms with Crippen molar-refractivity contribution in [3.63, 3.8) is 0 Å².